The molecule has 3 nitrogen and oxygen atoms in total. The number of carbonyl (C=O) groups excluding carboxylic acids is 1. The van der Waals surface area contributed by atoms with E-state index >= 15 is 0 Å². The van der Waals surface area contributed by atoms with Gasteiger partial charge in [0.15, 0.2) is 0 Å². The van der Waals surface area contributed by atoms with Gasteiger partial charge in [0, 0.05) is 19.3 Å². The van der Waals surface area contributed by atoms with Gasteiger partial charge in [0.2, 0.25) is 0 Å². The summed E-state index contributed by atoms with van der Waals surface area (Å²) in [5.41, 5.74) is 0. The molecule has 0 unspecified atom stereocenters. The fraction of sp³-hybridized carbons (Fsp3) is 0.455. The third-order valence-electron chi connectivity index (χ3n) is 0.854. The lowest BCUT2D eigenvalue weighted by Gasteiger charge is -1.80. The monoisotopic (exact) mass is 277 g/mol. The summed E-state index contributed by atoms with van der Waals surface area (Å²) in [6, 6.07) is 5.72. The smallest absolute Gasteiger partial charge is 0.302 e. The standard InChI is InChI=1S/C5H5N.C3H6O2.C2H6.CH3Br/c1-2-4-6-5-3-1;1-3(4)5-2;2*1-2/h1-5H;1-2H3;1-2H3;1H3. The predicted octanol–water partition coefficient (Wildman–Crippen LogP) is 3.30. The summed E-state index contributed by atoms with van der Waals surface area (Å²) >= 11 is 2.94. The Kier molecular flexibility index (Phi) is 30.3. The van der Waals surface area contributed by atoms with E-state index in [1.54, 1.807) is 12.4 Å². The minimum absolute atomic E-state index is 0.245. The Balaban J connectivity index is -0.000000146. The topological polar surface area (TPSA) is 39.2 Å². The highest BCUT2D eigenvalue weighted by Gasteiger charge is 1.75. The Morgan fingerprint density at radius 1 is 1.13 bits per heavy atom. The van der Waals surface area contributed by atoms with Gasteiger partial charge in [-0.3, -0.25) is 9.78 Å². The normalized spacial score (nSPS) is 6.27. The molecule has 0 saturated heterocycles. The summed E-state index contributed by atoms with van der Waals surface area (Å²) in [6.45, 7) is 5.36. The zero-order chi connectivity index (χ0) is 12.5. The quantitative estimate of drug-likeness (QED) is 0.540. The van der Waals surface area contributed by atoms with Gasteiger partial charge in [0.1, 0.15) is 0 Å². The molecule has 0 spiro atoms. The Hall–Kier alpha value is -0.900. The highest BCUT2D eigenvalue weighted by Crippen LogP contribution is 1.73. The number of nitrogens with zero attached hydrogens (tertiary/aromatic N) is 1. The Morgan fingerprint density at radius 2 is 1.47 bits per heavy atom. The molecule has 0 bridgehead atoms. The number of aromatic nitrogens is 1. The van der Waals surface area contributed by atoms with Gasteiger partial charge in [-0.1, -0.05) is 35.8 Å². The van der Waals surface area contributed by atoms with Crippen molar-refractivity contribution in [1.82, 2.24) is 4.98 Å². The number of hydrogen-bond donors (Lipinski definition) is 0. The van der Waals surface area contributed by atoms with Crippen LogP contribution in [0.4, 0.5) is 0 Å². The fourth-order valence-corrected chi connectivity index (χ4v) is 0.313. The van der Waals surface area contributed by atoms with Crippen molar-refractivity contribution in [2.45, 2.75) is 20.8 Å². The highest BCUT2D eigenvalue weighted by atomic mass is 79.9. The zero-order valence-corrected chi connectivity index (χ0v) is 11.6. The molecular weight excluding hydrogens is 258 g/mol. The molecule has 0 radical (unpaired) electrons. The lowest BCUT2D eigenvalue weighted by Crippen LogP contribution is -1.88. The predicted molar refractivity (Wildman–Crippen MR) is 68.1 cm³/mol. The molecule has 0 aliphatic rings. The van der Waals surface area contributed by atoms with Gasteiger partial charge in [0.25, 0.3) is 0 Å². The SMILES string of the molecule is CBr.CC.COC(C)=O.c1ccncc1. The second-order valence-corrected chi connectivity index (χ2v) is 1.72. The van der Waals surface area contributed by atoms with E-state index in [2.05, 4.69) is 25.7 Å². The van der Waals surface area contributed by atoms with Crippen LogP contribution in [0.1, 0.15) is 20.8 Å². The number of halogens is 1. The Bertz CT molecular complexity index is 166. The number of hydrogen-bond acceptors (Lipinski definition) is 3. The van der Waals surface area contributed by atoms with Crippen molar-refractivity contribution >= 4 is 21.9 Å². The minimum atomic E-state index is -0.245. The van der Waals surface area contributed by atoms with Crippen LogP contribution >= 0.6 is 15.9 Å². The molecule has 1 heterocycles. The molecule has 1 aromatic rings. The van der Waals surface area contributed by atoms with E-state index in [1.807, 2.05) is 37.9 Å². The number of esters is 1. The molecular formula is C11H20BrNO2. The van der Waals surface area contributed by atoms with Crippen molar-refractivity contribution < 1.29 is 9.53 Å². The summed E-state index contributed by atoms with van der Waals surface area (Å²) in [5, 5.41) is 0. The summed E-state index contributed by atoms with van der Waals surface area (Å²) in [4.78, 5) is 13.4. The van der Waals surface area contributed by atoms with E-state index in [-0.39, 0.29) is 5.97 Å². The van der Waals surface area contributed by atoms with Crippen molar-refractivity contribution in [2.24, 2.45) is 0 Å². The molecule has 0 aromatic carbocycles. The first-order valence-electron chi connectivity index (χ1n) is 4.54. The second kappa shape index (κ2) is 23.2. The first-order chi connectivity index (χ1) is 7.27. The number of alkyl halides is 1. The molecule has 88 valence electrons. The number of pyridine rings is 1. The summed E-state index contributed by atoms with van der Waals surface area (Å²) < 4.78 is 4.11. The molecule has 15 heavy (non-hydrogen) atoms. The van der Waals surface area contributed by atoms with Gasteiger partial charge in [-0.2, -0.15) is 0 Å². The van der Waals surface area contributed by atoms with Crippen LogP contribution in [0, 0.1) is 0 Å². The number of ether oxygens (including phenoxy) is 1. The maximum Gasteiger partial charge on any atom is 0.302 e. The molecule has 1 aromatic heterocycles. The van der Waals surface area contributed by atoms with Gasteiger partial charge in [-0.15, -0.1) is 0 Å². The molecule has 0 saturated carbocycles. The van der Waals surface area contributed by atoms with Crippen LogP contribution in [0.3, 0.4) is 0 Å². The fourth-order valence-electron chi connectivity index (χ4n) is 0.313. The summed E-state index contributed by atoms with van der Waals surface area (Å²) in [6.07, 6.45) is 3.50. The molecule has 0 N–H and O–H groups in total. The second-order valence-electron chi connectivity index (χ2n) is 1.72. The van der Waals surface area contributed by atoms with Crippen LogP contribution in [0.15, 0.2) is 30.6 Å². The van der Waals surface area contributed by atoms with E-state index < -0.39 is 0 Å². The average molecular weight is 278 g/mol. The van der Waals surface area contributed by atoms with Gasteiger partial charge < -0.3 is 4.74 Å². The van der Waals surface area contributed by atoms with Gasteiger partial charge >= 0.3 is 5.97 Å². The number of carbonyl (C=O) groups is 1. The molecule has 1 rings (SSSR count). The van der Waals surface area contributed by atoms with E-state index in [1.165, 1.54) is 14.0 Å². The highest BCUT2D eigenvalue weighted by molar-refractivity contribution is 9.08. The molecule has 0 amide bonds. The number of methoxy groups -OCH3 is 1. The lowest BCUT2D eigenvalue weighted by molar-refractivity contribution is -0.137. The van der Waals surface area contributed by atoms with Crippen LogP contribution in [0.2, 0.25) is 0 Å². The van der Waals surface area contributed by atoms with Crippen molar-refractivity contribution in [3.63, 3.8) is 0 Å². The molecule has 0 aliphatic carbocycles. The number of rotatable bonds is 0. The van der Waals surface area contributed by atoms with Crippen LogP contribution in [-0.4, -0.2) is 23.9 Å². The largest absolute Gasteiger partial charge is 0.469 e. The Morgan fingerprint density at radius 3 is 1.53 bits per heavy atom. The van der Waals surface area contributed by atoms with Crippen molar-refractivity contribution in [2.75, 3.05) is 12.9 Å². The third kappa shape index (κ3) is 32.0. The van der Waals surface area contributed by atoms with E-state index in [0.29, 0.717) is 0 Å². The van der Waals surface area contributed by atoms with E-state index in [9.17, 15) is 4.79 Å². The third-order valence-corrected chi connectivity index (χ3v) is 0.854. The van der Waals surface area contributed by atoms with Crippen LogP contribution in [-0.2, 0) is 9.53 Å². The van der Waals surface area contributed by atoms with Crippen LogP contribution in [0.25, 0.3) is 0 Å². The van der Waals surface area contributed by atoms with E-state index in [4.69, 9.17) is 0 Å². The zero-order valence-electron chi connectivity index (χ0n) is 10.0. The van der Waals surface area contributed by atoms with Crippen molar-refractivity contribution in [1.29, 1.82) is 0 Å². The van der Waals surface area contributed by atoms with Crippen LogP contribution < -0.4 is 0 Å². The van der Waals surface area contributed by atoms with Gasteiger partial charge in [0.05, 0.1) is 7.11 Å². The van der Waals surface area contributed by atoms with Crippen molar-refractivity contribution in [3.8, 4) is 0 Å². The molecule has 0 fully saturated rings. The minimum Gasteiger partial charge on any atom is -0.469 e. The lowest BCUT2D eigenvalue weighted by atomic mass is 10.5. The molecule has 0 atom stereocenters. The first kappa shape index (κ1) is 19.6. The van der Waals surface area contributed by atoms with E-state index in [0.717, 1.165) is 0 Å². The summed E-state index contributed by atoms with van der Waals surface area (Å²) in [5.74, 6) is 1.57. The van der Waals surface area contributed by atoms with Crippen LogP contribution in [0.5, 0.6) is 0 Å². The average Bonchev–Trinajstić information content (AvgIpc) is 2.37. The van der Waals surface area contributed by atoms with Gasteiger partial charge in [-0.05, 0) is 18.0 Å². The molecule has 0 aliphatic heterocycles. The molecule has 4 heteroatoms. The van der Waals surface area contributed by atoms with Crippen molar-refractivity contribution in [3.05, 3.63) is 30.6 Å². The summed E-state index contributed by atoms with van der Waals surface area (Å²) in [7, 11) is 1.35. The van der Waals surface area contributed by atoms with Gasteiger partial charge in [-0.25, -0.2) is 0 Å². The maximum atomic E-state index is 9.59. The Labute approximate surface area is 101 Å². The maximum absolute atomic E-state index is 9.59. The first-order valence-corrected chi connectivity index (χ1v) is 6.13.